The quantitative estimate of drug-likeness (QED) is 0.341. The number of hydrogen-bond acceptors (Lipinski definition) is 1. The Morgan fingerprint density at radius 1 is 0.833 bits per heavy atom. The van der Waals surface area contributed by atoms with Gasteiger partial charge in [0.05, 0.1) is 6.07 Å². The molecular weight excluding hydrogens is 290 g/mol. The number of rotatable bonds is 8. The van der Waals surface area contributed by atoms with Crippen LogP contribution in [0.4, 0.5) is 0 Å². The summed E-state index contributed by atoms with van der Waals surface area (Å²) in [6.45, 7) is 2.31. The molecule has 2 aliphatic carbocycles. The van der Waals surface area contributed by atoms with Crippen LogP contribution in [0.15, 0.2) is 24.3 Å². The minimum Gasteiger partial charge on any atom is -0.193 e. The molecule has 2 fully saturated rings. The fraction of sp³-hybridized carbons (Fsp3) is 0.783. The Labute approximate surface area is 150 Å². The van der Waals surface area contributed by atoms with E-state index < -0.39 is 0 Å². The molecule has 0 saturated heterocycles. The molecular formula is C23H37N. The van der Waals surface area contributed by atoms with Crippen LogP contribution in [0.5, 0.6) is 0 Å². The molecule has 0 amide bonds. The van der Waals surface area contributed by atoms with Crippen molar-refractivity contribution in [3.63, 3.8) is 0 Å². The summed E-state index contributed by atoms with van der Waals surface area (Å²) < 4.78 is 0. The third kappa shape index (κ3) is 7.25. The van der Waals surface area contributed by atoms with Gasteiger partial charge in [0.2, 0.25) is 0 Å². The van der Waals surface area contributed by atoms with Gasteiger partial charge in [-0.15, -0.1) is 0 Å². The molecule has 0 radical (unpaired) electrons. The Bertz CT molecular complexity index is 412. The first-order chi connectivity index (χ1) is 11.8. The monoisotopic (exact) mass is 327 g/mol. The summed E-state index contributed by atoms with van der Waals surface area (Å²) in [5, 5.41) is 8.51. The van der Waals surface area contributed by atoms with Gasteiger partial charge in [0.1, 0.15) is 0 Å². The maximum absolute atomic E-state index is 8.51. The molecule has 134 valence electrons. The second-order valence-electron chi connectivity index (χ2n) is 8.20. The number of allylic oxidation sites excluding steroid dienone is 4. The lowest BCUT2D eigenvalue weighted by molar-refractivity contribution is 0.283. The Balaban J connectivity index is 1.59. The smallest absolute Gasteiger partial charge is 0.0908 e. The van der Waals surface area contributed by atoms with Crippen molar-refractivity contribution in [2.45, 2.75) is 90.4 Å². The Kier molecular flexibility index (Phi) is 9.26. The first kappa shape index (κ1) is 19.3. The van der Waals surface area contributed by atoms with Gasteiger partial charge in [0, 0.05) is 6.08 Å². The van der Waals surface area contributed by atoms with Crippen LogP contribution in [-0.2, 0) is 0 Å². The van der Waals surface area contributed by atoms with E-state index in [4.69, 9.17) is 5.26 Å². The Morgan fingerprint density at radius 3 is 1.88 bits per heavy atom. The molecule has 0 bridgehead atoms. The van der Waals surface area contributed by atoms with E-state index in [0.717, 1.165) is 30.1 Å². The van der Waals surface area contributed by atoms with Gasteiger partial charge in [-0.2, -0.15) is 5.26 Å². The van der Waals surface area contributed by atoms with Crippen LogP contribution < -0.4 is 0 Å². The molecule has 0 N–H and O–H groups in total. The van der Waals surface area contributed by atoms with E-state index in [1.807, 2.05) is 6.08 Å². The summed E-state index contributed by atoms with van der Waals surface area (Å²) in [6.07, 6.45) is 26.8. The van der Waals surface area contributed by atoms with Crippen LogP contribution in [0.1, 0.15) is 90.4 Å². The first-order valence-corrected chi connectivity index (χ1v) is 10.5. The SMILES string of the molecule is CCCC[C@H]1CC[C@H](/C=C/C2CCC(CCC=CC#N)CC2)CC1. The van der Waals surface area contributed by atoms with Gasteiger partial charge in [-0.1, -0.05) is 44.4 Å². The fourth-order valence-electron chi connectivity index (χ4n) is 4.61. The summed E-state index contributed by atoms with van der Waals surface area (Å²) >= 11 is 0. The van der Waals surface area contributed by atoms with Crippen LogP contribution in [-0.4, -0.2) is 0 Å². The normalized spacial score (nSPS) is 31.5. The van der Waals surface area contributed by atoms with Gasteiger partial charge in [-0.05, 0) is 87.9 Å². The lowest BCUT2D eigenvalue weighted by Crippen LogP contribution is -2.15. The van der Waals surface area contributed by atoms with Gasteiger partial charge in [-0.3, -0.25) is 0 Å². The predicted octanol–water partition coefficient (Wildman–Crippen LogP) is 7.21. The van der Waals surface area contributed by atoms with E-state index in [1.165, 1.54) is 77.0 Å². The molecule has 1 nitrogen and oxygen atoms in total. The molecule has 0 heterocycles. The van der Waals surface area contributed by atoms with E-state index in [9.17, 15) is 0 Å². The van der Waals surface area contributed by atoms with E-state index in [2.05, 4.69) is 25.1 Å². The number of nitrogens with zero attached hydrogens (tertiary/aromatic N) is 1. The lowest BCUT2D eigenvalue weighted by Gasteiger charge is -2.28. The third-order valence-corrected chi connectivity index (χ3v) is 6.34. The summed E-state index contributed by atoms with van der Waals surface area (Å²) in [5.74, 6) is 3.64. The van der Waals surface area contributed by atoms with Crippen LogP contribution in [0.2, 0.25) is 0 Å². The molecule has 0 aromatic heterocycles. The summed E-state index contributed by atoms with van der Waals surface area (Å²) in [4.78, 5) is 0. The zero-order chi connectivity index (χ0) is 17.0. The Hall–Kier alpha value is -1.03. The van der Waals surface area contributed by atoms with E-state index in [0.29, 0.717) is 0 Å². The molecule has 0 atom stereocenters. The van der Waals surface area contributed by atoms with E-state index >= 15 is 0 Å². The van der Waals surface area contributed by atoms with E-state index in [-0.39, 0.29) is 0 Å². The van der Waals surface area contributed by atoms with Crippen LogP contribution in [0.3, 0.4) is 0 Å². The first-order valence-electron chi connectivity index (χ1n) is 10.5. The summed E-state index contributed by atoms with van der Waals surface area (Å²) in [5.41, 5.74) is 0. The molecule has 0 aromatic carbocycles. The zero-order valence-electron chi connectivity index (χ0n) is 15.8. The molecule has 0 unspecified atom stereocenters. The maximum Gasteiger partial charge on any atom is 0.0908 e. The number of nitriles is 1. The zero-order valence-corrected chi connectivity index (χ0v) is 15.8. The second kappa shape index (κ2) is 11.5. The van der Waals surface area contributed by atoms with Crippen LogP contribution in [0, 0.1) is 35.0 Å². The molecule has 2 aliphatic rings. The fourth-order valence-corrected chi connectivity index (χ4v) is 4.61. The topological polar surface area (TPSA) is 23.8 Å². The van der Waals surface area contributed by atoms with Gasteiger partial charge >= 0.3 is 0 Å². The third-order valence-electron chi connectivity index (χ3n) is 6.34. The van der Waals surface area contributed by atoms with Crippen molar-refractivity contribution in [1.29, 1.82) is 5.26 Å². The van der Waals surface area contributed by atoms with Crippen LogP contribution >= 0.6 is 0 Å². The highest BCUT2D eigenvalue weighted by molar-refractivity contribution is 5.01. The average molecular weight is 328 g/mol. The molecule has 0 aromatic rings. The average Bonchev–Trinajstić information content (AvgIpc) is 2.64. The standard InChI is InChI=1S/C23H37N/c1-2-3-7-20-9-13-22(14-10-20)17-18-23-15-11-21(12-16-23)8-5-4-6-19-24/h4,6,17-18,20-23H,2-3,5,7-16H2,1H3/b6-4?,18-17+/t20-,21?,22-,23?. The largest absolute Gasteiger partial charge is 0.193 e. The van der Waals surface area contributed by atoms with Crippen molar-refractivity contribution in [2.75, 3.05) is 0 Å². The minimum absolute atomic E-state index is 0.841. The number of unbranched alkanes of at least 4 members (excludes halogenated alkanes) is 1. The predicted molar refractivity (Wildman–Crippen MR) is 104 cm³/mol. The van der Waals surface area contributed by atoms with Gasteiger partial charge in [-0.25, -0.2) is 0 Å². The molecule has 2 rings (SSSR count). The number of hydrogen-bond donors (Lipinski definition) is 0. The maximum atomic E-state index is 8.51. The summed E-state index contributed by atoms with van der Waals surface area (Å²) in [7, 11) is 0. The highest BCUT2D eigenvalue weighted by Crippen LogP contribution is 2.35. The van der Waals surface area contributed by atoms with Crippen LogP contribution in [0.25, 0.3) is 0 Å². The summed E-state index contributed by atoms with van der Waals surface area (Å²) in [6, 6.07) is 2.08. The van der Waals surface area contributed by atoms with Crippen molar-refractivity contribution < 1.29 is 0 Å². The second-order valence-corrected chi connectivity index (χ2v) is 8.20. The molecule has 24 heavy (non-hydrogen) atoms. The van der Waals surface area contributed by atoms with Gasteiger partial charge in [0.25, 0.3) is 0 Å². The van der Waals surface area contributed by atoms with Gasteiger partial charge in [0.15, 0.2) is 0 Å². The van der Waals surface area contributed by atoms with Crippen molar-refractivity contribution in [1.82, 2.24) is 0 Å². The minimum atomic E-state index is 0.841. The van der Waals surface area contributed by atoms with Gasteiger partial charge < -0.3 is 0 Å². The lowest BCUT2D eigenvalue weighted by atomic mass is 9.77. The molecule has 0 spiro atoms. The molecule has 1 heteroatoms. The highest BCUT2D eigenvalue weighted by Gasteiger charge is 2.21. The van der Waals surface area contributed by atoms with Crippen molar-refractivity contribution in [3.8, 4) is 6.07 Å². The van der Waals surface area contributed by atoms with Crippen molar-refractivity contribution in [2.24, 2.45) is 23.7 Å². The van der Waals surface area contributed by atoms with Crippen molar-refractivity contribution >= 4 is 0 Å². The Morgan fingerprint density at radius 2 is 1.38 bits per heavy atom. The highest BCUT2D eigenvalue weighted by atomic mass is 14.3. The van der Waals surface area contributed by atoms with E-state index in [1.54, 1.807) is 6.08 Å². The molecule has 2 saturated carbocycles. The van der Waals surface area contributed by atoms with Crippen molar-refractivity contribution in [3.05, 3.63) is 24.3 Å². The molecule has 0 aliphatic heterocycles.